The fourth-order valence-electron chi connectivity index (χ4n) is 1.90. The van der Waals surface area contributed by atoms with E-state index in [4.69, 9.17) is 12.2 Å². The van der Waals surface area contributed by atoms with Crippen LogP contribution in [0.25, 0.3) is 0 Å². The summed E-state index contributed by atoms with van der Waals surface area (Å²) in [5.41, 5.74) is 4.44. The molecular weight excluding hydrogens is 304 g/mol. The number of halogens is 2. The van der Waals surface area contributed by atoms with Crippen LogP contribution in [0, 0.1) is 18.6 Å². The number of benzene rings is 2. The number of rotatable bonds is 3. The normalized spacial score (nSPS) is 11.2. The molecule has 0 amide bonds. The lowest BCUT2D eigenvalue weighted by Crippen LogP contribution is -2.25. The van der Waals surface area contributed by atoms with Gasteiger partial charge >= 0.3 is 0 Å². The molecule has 0 aromatic heterocycles. The molecule has 0 fully saturated rings. The smallest absolute Gasteiger partial charge is 0.191 e. The van der Waals surface area contributed by atoms with E-state index >= 15 is 0 Å². The van der Waals surface area contributed by atoms with E-state index in [-0.39, 0.29) is 16.4 Å². The van der Waals surface area contributed by atoms with Crippen molar-refractivity contribution in [2.45, 2.75) is 13.8 Å². The van der Waals surface area contributed by atoms with Crippen LogP contribution >= 0.6 is 12.2 Å². The molecule has 0 spiro atoms. The van der Waals surface area contributed by atoms with Gasteiger partial charge in [-0.2, -0.15) is 5.10 Å². The minimum absolute atomic E-state index is 0.171. The van der Waals surface area contributed by atoms with Gasteiger partial charge in [0.15, 0.2) is 5.11 Å². The molecule has 0 atom stereocenters. The van der Waals surface area contributed by atoms with E-state index in [9.17, 15) is 8.78 Å². The summed E-state index contributed by atoms with van der Waals surface area (Å²) in [4.78, 5) is 0. The third kappa shape index (κ3) is 3.85. The van der Waals surface area contributed by atoms with Crippen molar-refractivity contribution in [1.82, 2.24) is 5.43 Å². The quantitative estimate of drug-likeness (QED) is 0.510. The van der Waals surface area contributed by atoms with Crippen molar-refractivity contribution in [1.29, 1.82) is 0 Å². The van der Waals surface area contributed by atoms with Crippen LogP contribution in [0.5, 0.6) is 0 Å². The summed E-state index contributed by atoms with van der Waals surface area (Å²) < 4.78 is 27.3. The zero-order valence-electron chi connectivity index (χ0n) is 12.2. The van der Waals surface area contributed by atoms with Crippen LogP contribution in [0.3, 0.4) is 0 Å². The number of nitrogens with one attached hydrogen (secondary N) is 2. The Morgan fingerprint density at radius 2 is 1.68 bits per heavy atom. The van der Waals surface area contributed by atoms with Crippen LogP contribution in [0.4, 0.5) is 14.5 Å². The molecule has 0 aliphatic heterocycles. The van der Waals surface area contributed by atoms with E-state index in [1.54, 1.807) is 0 Å². The molecule has 2 aromatic carbocycles. The molecule has 0 aliphatic carbocycles. The molecule has 114 valence electrons. The number of nitrogens with zero attached hydrogens (tertiary/aromatic N) is 1. The van der Waals surface area contributed by atoms with Gasteiger partial charge in [0.05, 0.1) is 11.3 Å². The summed E-state index contributed by atoms with van der Waals surface area (Å²) in [6.07, 6.45) is 0. The van der Waals surface area contributed by atoms with Crippen molar-refractivity contribution in [3.8, 4) is 0 Å². The molecule has 0 aliphatic rings. The van der Waals surface area contributed by atoms with E-state index in [2.05, 4.69) is 15.8 Å². The Labute approximate surface area is 133 Å². The maximum Gasteiger partial charge on any atom is 0.191 e. The van der Waals surface area contributed by atoms with Crippen LogP contribution in [0.15, 0.2) is 47.6 Å². The van der Waals surface area contributed by atoms with Gasteiger partial charge in [-0.15, -0.1) is 0 Å². The number of aryl methyl sites for hydroxylation is 1. The third-order valence-electron chi connectivity index (χ3n) is 3.04. The number of hydrogen-bond donors (Lipinski definition) is 2. The number of hydrazone groups is 1. The second-order valence-corrected chi connectivity index (χ2v) is 5.08. The zero-order chi connectivity index (χ0) is 16.1. The minimum Gasteiger partial charge on any atom is -0.331 e. The first-order valence-electron chi connectivity index (χ1n) is 6.60. The highest BCUT2D eigenvalue weighted by Gasteiger charge is 2.11. The van der Waals surface area contributed by atoms with Gasteiger partial charge in [0.2, 0.25) is 0 Å². The fraction of sp³-hybridized carbons (Fsp3) is 0.125. The highest BCUT2D eigenvalue weighted by Crippen LogP contribution is 2.14. The van der Waals surface area contributed by atoms with E-state index in [0.29, 0.717) is 0 Å². The molecule has 0 unspecified atom stereocenters. The topological polar surface area (TPSA) is 36.4 Å². The lowest BCUT2D eigenvalue weighted by atomic mass is 10.1. The first-order chi connectivity index (χ1) is 10.5. The van der Waals surface area contributed by atoms with Crippen molar-refractivity contribution in [3.63, 3.8) is 0 Å². The standard InChI is InChI=1S/C16H15F2N3S/c1-10-6-3-4-9-14(10)19-16(22)21-20-11(2)15-12(17)7-5-8-13(15)18/h3-9H,1-2H3,(H2,19,21,22)/b20-11-. The van der Waals surface area contributed by atoms with Gasteiger partial charge in [-0.25, -0.2) is 8.78 Å². The summed E-state index contributed by atoms with van der Waals surface area (Å²) in [6, 6.07) is 11.3. The molecule has 2 N–H and O–H groups in total. The molecule has 0 bridgehead atoms. The van der Waals surface area contributed by atoms with Gasteiger partial charge in [0.25, 0.3) is 0 Å². The molecular formula is C16H15F2N3S. The number of para-hydroxylation sites is 1. The predicted octanol–water partition coefficient (Wildman–Crippen LogP) is 3.98. The molecule has 0 saturated carbocycles. The predicted molar refractivity (Wildman–Crippen MR) is 89.1 cm³/mol. The lowest BCUT2D eigenvalue weighted by molar-refractivity contribution is 0.578. The molecule has 0 saturated heterocycles. The number of hydrogen-bond acceptors (Lipinski definition) is 2. The third-order valence-corrected chi connectivity index (χ3v) is 3.24. The van der Waals surface area contributed by atoms with E-state index < -0.39 is 11.6 Å². The van der Waals surface area contributed by atoms with E-state index in [1.165, 1.54) is 25.1 Å². The maximum absolute atomic E-state index is 13.6. The maximum atomic E-state index is 13.6. The van der Waals surface area contributed by atoms with Crippen LogP contribution < -0.4 is 10.7 Å². The average Bonchev–Trinajstić information content (AvgIpc) is 2.47. The Hall–Kier alpha value is -2.34. The molecule has 2 aromatic rings. The van der Waals surface area contributed by atoms with Crippen LogP contribution in [0.2, 0.25) is 0 Å². The second-order valence-electron chi connectivity index (χ2n) is 4.67. The van der Waals surface area contributed by atoms with Gasteiger partial charge in [0.1, 0.15) is 11.6 Å². The van der Waals surface area contributed by atoms with Crippen molar-refractivity contribution in [3.05, 3.63) is 65.2 Å². The number of anilines is 1. The molecule has 22 heavy (non-hydrogen) atoms. The van der Waals surface area contributed by atoms with Crippen molar-refractivity contribution < 1.29 is 8.78 Å². The van der Waals surface area contributed by atoms with Gasteiger partial charge in [-0.3, -0.25) is 5.43 Å². The fourth-order valence-corrected chi connectivity index (χ4v) is 2.05. The van der Waals surface area contributed by atoms with Crippen molar-refractivity contribution in [2.75, 3.05) is 5.32 Å². The SMILES string of the molecule is C/C(=N/NC(=S)Nc1ccccc1C)c1c(F)cccc1F. The summed E-state index contributed by atoms with van der Waals surface area (Å²) >= 11 is 5.11. The summed E-state index contributed by atoms with van der Waals surface area (Å²) in [6.45, 7) is 3.44. The van der Waals surface area contributed by atoms with Crippen LogP contribution in [-0.2, 0) is 0 Å². The highest BCUT2D eigenvalue weighted by atomic mass is 32.1. The first kappa shape index (κ1) is 16.0. The van der Waals surface area contributed by atoms with Gasteiger partial charge < -0.3 is 5.32 Å². The van der Waals surface area contributed by atoms with Gasteiger partial charge in [-0.1, -0.05) is 24.3 Å². The average molecular weight is 319 g/mol. The Morgan fingerprint density at radius 1 is 1.05 bits per heavy atom. The monoisotopic (exact) mass is 319 g/mol. The summed E-state index contributed by atoms with van der Waals surface area (Å²) in [5, 5.41) is 7.14. The molecule has 0 radical (unpaired) electrons. The largest absolute Gasteiger partial charge is 0.331 e. The molecule has 3 nitrogen and oxygen atoms in total. The Bertz CT molecular complexity index is 709. The van der Waals surface area contributed by atoms with Gasteiger partial charge in [0, 0.05) is 5.69 Å². The number of thiocarbonyl (C=S) groups is 1. The molecule has 6 heteroatoms. The van der Waals surface area contributed by atoms with Crippen molar-refractivity contribution in [2.24, 2.45) is 5.10 Å². The Kier molecular flexibility index (Phi) is 5.16. The second kappa shape index (κ2) is 7.09. The van der Waals surface area contributed by atoms with Gasteiger partial charge in [-0.05, 0) is 49.8 Å². The van der Waals surface area contributed by atoms with Crippen LogP contribution in [-0.4, -0.2) is 10.8 Å². The van der Waals surface area contributed by atoms with Crippen LogP contribution in [0.1, 0.15) is 18.1 Å². The van der Waals surface area contributed by atoms with Crippen molar-refractivity contribution >= 4 is 28.7 Å². The summed E-state index contributed by atoms with van der Waals surface area (Å²) in [5.74, 6) is -1.33. The molecule has 2 rings (SSSR count). The minimum atomic E-state index is -0.666. The van der Waals surface area contributed by atoms with E-state index in [0.717, 1.165) is 11.3 Å². The summed E-state index contributed by atoms with van der Waals surface area (Å²) in [7, 11) is 0. The Balaban J connectivity index is 2.08. The lowest BCUT2D eigenvalue weighted by Gasteiger charge is -2.10. The first-order valence-corrected chi connectivity index (χ1v) is 7.01. The highest BCUT2D eigenvalue weighted by molar-refractivity contribution is 7.80. The van der Waals surface area contributed by atoms with E-state index in [1.807, 2.05) is 31.2 Å². The Morgan fingerprint density at radius 3 is 2.32 bits per heavy atom. The molecule has 0 heterocycles. The zero-order valence-corrected chi connectivity index (χ0v) is 13.0.